The summed E-state index contributed by atoms with van der Waals surface area (Å²) in [5.74, 6) is -0.887. The molecular formula is C18H14F2N2OS. The van der Waals surface area contributed by atoms with E-state index in [1.165, 1.54) is 29.5 Å². The Morgan fingerprint density at radius 1 is 1.12 bits per heavy atom. The van der Waals surface area contributed by atoms with E-state index in [0.717, 1.165) is 0 Å². The topological polar surface area (TPSA) is 42.0 Å². The molecule has 0 aliphatic rings. The number of carbonyl (C=O) groups excluding carboxylic acids is 1. The van der Waals surface area contributed by atoms with E-state index in [1.54, 1.807) is 35.7 Å². The van der Waals surface area contributed by atoms with Crippen LogP contribution in [-0.2, 0) is 11.2 Å². The number of hydrogen-bond acceptors (Lipinski definition) is 3. The number of anilines is 1. The fourth-order valence-corrected chi connectivity index (χ4v) is 2.98. The first kappa shape index (κ1) is 16.3. The molecule has 0 spiro atoms. The maximum absolute atomic E-state index is 13.5. The molecule has 0 fully saturated rings. The van der Waals surface area contributed by atoms with Crippen LogP contribution in [0, 0.1) is 11.6 Å². The number of rotatable bonds is 5. The lowest BCUT2D eigenvalue weighted by molar-refractivity contribution is -0.116. The number of amides is 1. The van der Waals surface area contributed by atoms with Crippen LogP contribution in [0.15, 0.2) is 53.9 Å². The summed E-state index contributed by atoms with van der Waals surface area (Å²) in [6, 6.07) is 12.5. The van der Waals surface area contributed by atoms with Crippen LogP contribution in [0.5, 0.6) is 0 Å². The Hall–Kier alpha value is -2.60. The summed E-state index contributed by atoms with van der Waals surface area (Å²) in [6.45, 7) is 0. The van der Waals surface area contributed by atoms with Crippen molar-refractivity contribution in [3.63, 3.8) is 0 Å². The number of thiazole rings is 1. The molecule has 2 aromatic carbocycles. The Morgan fingerprint density at radius 3 is 2.75 bits per heavy atom. The fraction of sp³-hybridized carbons (Fsp3) is 0.111. The van der Waals surface area contributed by atoms with Crippen LogP contribution in [0.3, 0.4) is 0 Å². The van der Waals surface area contributed by atoms with Crippen LogP contribution in [0.1, 0.15) is 12.0 Å². The molecule has 0 saturated heterocycles. The zero-order chi connectivity index (χ0) is 16.9. The van der Waals surface area contributed by atoms with Crippen molar-refractivity contribution in [3.05, 3.63) is 71.1 Å². The highest BCUT2D eigenvalue weighted by Crippen LogP contribution is 2.25. The number of benzene rings is 2. The molecule has 3 rings (SSSR count). The minimum atomic E-state index is -0.337. The van der Waals surface area contributed by atoms with Crippen molar-refractivity contribution in [1.29, 1.82) is 0 Å². The minimum absolute atomic E-state index is 0.163. The maximum atomic E-state index is 13.5. The summed E-state index contributed by atoms with van der Waals surface area (Å²) in [4.78, 5) is 16.3. The van der Waals surface area contributed by atoms with Crippen molar-refractivity contribution < 1.29 is 13.6 Å². The molecule has 3 aromatic rings. The lowest BCUT2D eigenvalue weighted by Gasteiger charge is -2.03. The van der Waals surface area contributed by atoms with Crippen LogP contribution in [-0.4, -0.2) is 10.9 Å². The normalized spacial score (nSPS) is 10.6. The van der Waals surface area contributed by atoms with E-state index in [9.17, 15) is 13.6 Å². The Morgan fingerprint density at radius 2 is 1.96 bits per heavy atom. The average molecular weight is 344 g/mol. The van der Waals surface area contributed by atoms with E-state index in [0.29, 0.717) is 28.4 Å². The first-order valence-electron chi connectivity index (χ1n) is 7.36. The van der Waals surface area contributed by atoms with Crippen LogP contribution in [0.25, 0.3) is 11.3 Å². The van der Waals surface area contributed by atoms with Gasteiger partial charge in [0, 0.05) is 17.4 Å². The van der Waals surface area contributed by atoms with Gasteiger partial charge in [-0.2, -0.15) is 0 Å². The van der Waals surface area contributed by atoms with Crippen molar-refractivity contribution in [2.45, 2.75) is 12.8 Å². The van der Waals surface area contributed by atoms with Gasteiger partial charge in [0.15, 0.2) is 5.13 Å². The van der Waals surface area contributed by atoms with Crippen molar-refractivity contribution in [3.8, 4) is 11.3 Å². The molecule has 0 bridgehead atoms. The quantitative estimate of drug-likeness (QED) is 0.731. The highest BCUT2D eigenvalue weighted by atomic mass is 32.1. The maximum Gasteiger partial charge on any atom is 0.226 e. The van der Waals surface area contributed by atoms with E-state index < -0.39 is 0 Å². The molecule has 122 valence electrons. The predicted octanol–water partition coefficient (Wildman–Crippen LogP) is 4.66. The smallest absolute Gasteiger partial charge is 0.226 e. The van der Waals surface area contributed by atoms with Crippen molar-refractivity contribution in [2.24, 2.45) is 0 Å². The third-order valence-corrected chi connectivity index (χ3v) is 4.21. The number of carbonyl (C=O) groups is 1. The Balaban J connectivity index is 1.60. The molecule has 1 aromatic heterocycles. The molecule has 0 unspecified atom stereocenters. The molecule has 1 heterocycles. The average Bonchev–Trinajstić information content (AvgIpc) is 3.02. The molecule has 0 aliphatic carbocycles. The first-order chi connectivity index (χ1) is 11.6. The summed E-state index contributed by atoms with van der Waals surface area (Å²) in [6.07, 6.45) is 0.483. The van der Waals surface area contributed by atoms with Gasteiger partial charge in [-0.05, 0) is 30.2 Å². The molecular weight excluding hydrogens is 330 g/mol. The summed E-state index contributed by atoms with van der Waals surface area (Å²) in [5, 5.41) is 4.88. The number of halogens is 2. The number of aryl methyl sites for hydroxylation is 1. The predicted molar refractivity (Wildman–Crippen MR) is 90.9 cm³/mol. The zero-order valence-corrected chi connectivity index (χ0v) is 13.4. The zero-order valence-electron chi connectivity index (χ0n) is 12.6. The first-order valence-corrected chi connectivity index (χ1v) is 8.24. The second kappa shape index (κ2) is 7.31. The third-order valence-electron chi connectivity index (χ3n) is 3.45. The number of aromatic nitrogens is 1. The summed E-state index contributed by atoms with van der Waals surface area (Å²) in [7, 11) is 0. The molecule has 1 amide bonds. The van der Waals surface area contributed by atoms with Gasteiger partial charge in [0.25, 0.3) is 0 Å². The Kier molecular flexibility index (Phi) is 4.96. The molecule has 0 saturated carbocycles. The summed E-state index contributed by atoms with van der Waals surface area (Å²) in [5.41, 5.74) is 1.76. The van der Waals surface area contributed by atoms with Crippen LogP contribution in [0.4, 0.5) is 13.9 Å². The minimum Gasteiger partial charge on any atom is -0.302 e. The van der Waals surface area contributed by atoms with Gasteiger partial charge >= 0.3 is 0 Å². The van der Waals surface area contributed by atoms with Gasteiger partial charge in [-0.3, -0.25) is 4.79 Å². The van der Waals surface area contributed by atoms with E-state index in [1.807, 2.05) is 0 Å². The van der Waals surface area contributed by atoms with Gasteiger partial charge < -0.3 is 5.32 Å². The number of nitrogens with zero attached hydrogens (tertiary/aromatic N) is 1. The second-order valence-electron chi connectivity index (χ2n) is 5.19. The van der Waals surface area contributed by atoms with Gasteiger partial charge in [-0.1, -0.05) is 30.3 Å². The highest BCUT2D eigenvalue weighted by Gasteiger charge is 2.10. The largest absolute Gasteiger partial charge is 0.302 e. The van der Waals surface area contributed by atoms with Crippen molar-refractivity contribution in [1.82, 2.24) is 4.98 Å². The van der Waals surface area contributed by atoms with E-state index in [2.05, 4.69) is 10.3 Å². The monoisotopic (exact) mass is 344 g/mol. The number of hydrogen-bond donors (Lipinski definition) is 1. The molecule has 6 heteroatoms. The molecule has 24 heavy (non-hydrogen) atoms. The Bertz CT molecular complexity index is 863. The second-order valence-corrected chi connectivity index (χ2v) is 6.05. The van der Waals surface area contributed by atoms with Crippen molar-refractivity contribution in [2.75, 3.05) is 5.32 Å². The van der Waals surface area contributed by atoms with Gasteiger partial charge in [-0.15, -0.1) is 11.3 Å². The summed E-state index contributed by atoms with van der Waals surface area (Å²) < 4.78 is 26.8. The fourth-order valence-electron chi connectivity index (χ4n) is 2.24. The van der Waals surface area contributed by atoms with E-state index >= 15 is 0 Å². The standard InChI is InChI=1S/C18H14F2N2OS/c19-14-6-3-5-13(10-14)16-11-24-18(21-16)22-17(23)9-8-12-4-1-2-7-15(12)20/h1-7,10-11H,8-9H2,(H,21,22,23). The van der Waals surface area contributed by atoms with Gasteiger partial charge in [0.05, 0.1) is 5.69 Å². The lowest BCUT2D eigenvalue weighted by Crippen LogP contribution is -2.12. The highest BCUT2D eigenvalue weighted by molar-refractivity contribution is 7.14. The molecule has 1 N–H and O–H groups in total. The SMILES string of the molecule is O=C(CCc1ccccc1F)Nc1nc(-c2cccc(F)c2)cs1. The van der Waals surface area contributed by atoms with Gasteiger partial charge in [0.2, 0.25) is 5.91 Å². The van der Waals surface area contributed by atoms with Gasteiger partial charge in [0.1, 0.15) is 11.6 Å². The molecule has 0 radical (unpaired) electrons. The summed E-state index contributed by atoms with van der Waals surface area (Å²) >= 11 is 1.26. The molecule has 0 aliphatic heterocycles. The van der Waals surface area contributed by atoms with Crippen LogP contribution in [0.2, 0.25) is 0 Å². The lowest BCUT2D eigenvalue weighted by atomic mass is 10.1. The number of nitrogens with one attached hydrogen (secondary N) is 1. The third kappa shape index (κ3) is 4.02. The Labute approximate surface area is 142 Å². The van der Waals surface area contributed by atoms with Crippen LogP contribution >= 0.6 is 11.3 Å². The van der Waals surface area contributed by atoms with Crippen molar-refractivity contribution >= 4 is 22.4 Å². The van der Waals surface area contributed by atoms with E-state index in [-0.39, 0.29) is 24.0 Å². The van der Waals surface area contributed by atoms with Gasteiger partial charge in [-0.25, -0.2) is 13.8 Å². The van der Waals surface area contributed by atoms with E-state index in [4.69, 9.17) is 0 Å². The van der Waals surface area contributed by atoms with Crippen LogP contribution < -0.4 is 5.32 Å². The molecule has 3 nitrogen and oxygen atoms in total. The molecule has 0 atom stereocenters.